The van der Waals surface area contributed by atoms with Crippen LogP contribution >= 0.6 is 11.9 Å². The quantitative estimate of drug-likeness (QED) is 0.188. The van der Waals surface area contributed by atoms with E-state index < -0.39 is 33.3 Å². The summed E-state index contributed by atoms with van der Waals surface area (Å²) >= 11 is 1.47. The lowest BCUT2D eigenvalue weighted by Crippen LogP contribution is -2.16. The number of rotatable bonds is 10. The van der Waals surface area contributed by atoms with Crippen molar-refractivity contribution >= 4 is 27.8 Å². The Morgan fingerprint density at radius 3 is 2.14 bits per heavy atom. The van der Waals surface area contributed by atoms with Gasteiger partial charge >= 0.3 is 12.1 Å². The Kier molecular flexibility index (Phi) is 9.44. The molecule has 0 radical (unpaired) electrons. The lowest BCUT2D eigenvalue weighted by Gasteiger charge is -2.24. The third kappa shape index (κ3) is 7.99. The van der Waals surface area contributed by atoms with E-state index in [0.717, 1.165) is 45.0 Å². The standard InChI is InChI=1S/C31H29F3N2O4S2/c1-20-11-21(2)30(22(3)12-20)41-36(18-24-13-27(16-35-15-24)31(32,33)34)17-23-7-9-25(10-8-23)26-5-4-6-28(14-26)42(39,40)19-29(37)38/h4-16H,17-19H2,1-3H3,(H,37,38). The summed E-state index contributed by atoms with van der Waals surface area (Å²) in [7, 11) is -3.98. The fourth-order valence-corrected chi connectivity index (χ4v) is 6.79. The largest absolute Gasteiger partial charge is 0.480 e. The van der Waals surface area contributed by atoms with Crippen molar-refractivity contribution in [2.24, 2.45) is 0 Å². The van der Waals surface area contributed by atoms with E-state index in [-0.39, 0.29) is 11.4 Å². The molecule has 0 saturated carbocycles. The zero-order chi connectivity index (χ0) is 30.7. The van der Waals surface area contributed by atoms with Gasteiger partial charge in [-0.3, -0.25) is 9.78 Å². The van der Waals surface area contributed by atoms with Crippen LogP contribution in [0, 0.1) is 20.8 Å². The topological polar surface area (TPSA) is 87.6 Å². The van der Waals surface area contributed by atoms with Gasteiger partial charge < -0.3 is 5.11 Å². The van der Waals surface area contributed by atoms with Gasteiger partial charge in [-0.1, -0.05) is 54.1 Å². The SMILES string of the molecule is Cc1cc(C)c(SN(Cc2ccc(-c3cccc(S(=O)(=O)CC(=O)O)c3)cc2)Cc2cncc(C(F)(F)F)c2)c(C)c1. The Morgan fingerprint density at radius 2 is 1.52 bits per heavy atom. The van der Waals surface area contributed by atoms with E-state index in [4.69, 9.17) is 5.11 Å². The number of hydrogen-bond acceptors (Lipinski definition) is 6. The summed E-state index contributed by atoms with van der Waals surface area (Å²) in [5.41, 5.74) is 5.12. The number of pyridine rings is 1. The molecule has 1 heterocycles. The Bertz CT molecular complexity index is 1680. The average molecular weight is 615 g/mol. The van der Waals surface area contributed by atoms with Gasteiger partial charge in [0.05, 0.1) is 10.5 Å². The van der Waals surface area contributed by atoms with Crippen molar-refractivity contribution in [2.75, 3.05) is 5.75 Å². The van der Waals surface area contributed by atoms with Gasteiger partial charge in [0.15, 0.2) is 15.6 Å². The smallest absolute Gasteiger partial charge is 0.417 e. The molecule has 0 aliphatic heterocycles. The molecule has 11 heteroatoms. The van der Waals surface area contributed by atoms with Gasteiger partial charge in [-0.2, -0.15) is 13.2 Å². The fraction of sp³-hybridized carbons (Fsp3) is 0.226. The van der Waals surface area contributed by atoms with Gasteiger partial charge in [-0.25, -0.2) is 12.7 Å². The average Bonchev–Trinajstić information content (AvgIpc) is 2.90. The number of carbonyl (C=O) groups is 1. The van der Waals surface area contributed by atoms with Crippen LogP contribution in [-0.2, 0) is 33.9 Å². The molecule has 0 aliphatic carbocycles. The molecule has 3 aromatic carbocycles. The lowest BCUT2D eigenvalue weighted by molar-refractivity contribution is -0.138. The zero-order valence-electron chi connectivity index (χ0n) is 23.1. The Balaban J connectivity index is 1.61. The van der Waals surface area contributed by atoms with E-state index in [0.29, 0.717) is 17.7 Å². The molecule has 0 amide bonds. The second kappa shape index (κ2) is 12.7. The van der Waals surface area contributed by atoms with Crippen molar-refractivity contribution in [2.45, 2.75) is 49.8 Å². The van der Waals surface area contributed by atoms with Gasteiger partial charge in [0, 0.05) is 30.4 Å². The van der Waals surface area contributed by atoms with E-state index in [1.807, 2.05) is 49.3 Å². The highest BCUT2D eigenvalue weighted by Crippen LogP contribution is 2.34. The molecule has 42 heavy (non-hydrogen) atoms. The zero-order valence-corrected chi connectivity index (χ0v) is 24.8. The second-order valence-electron chi connectivity index (χ2n) is 10.1. The summed E-state index contributed by atoms with van der Waals surface area (Å²) in [6.07, 6.45) is -2.24. The lowest BCUT2D eigenvalue weighted by atomic mass is 10.0. The molecule has 4 aromatic rings. The molecule has 0 saturated heterocycles. The van der Waals surface area contributed by atoms with Crippen LogP contribution < -0.4 is 0 Å². The molecule has 1 N–H and O–H groups in total. The molecule has 4 rings (SSSR count). The van der Waals surface area contributed by atoms with E-state index in [2.05, 4.69) is 17.1 Å². The van der Waals surface area contributed by atoms with Gasteiger partial charge in [-0.05, 0) is 84.3 Å². The molecule has 220 valence electrons. The molecule has 1 aromatic heterocycles. The minimum absolute atomic E-state index is 0.0763. The number of carboxylic acids is 1. The Hall–Kier alpha value is -3.67. The number of carboxylic acid groups (broad SMARTS) is 1. The predicted octanol–water partition coefficient (Wildman–Crippen LogP) is 7.26. The normalized spacial score (nSPS) is 12.1. The molecule has 6 nitrogen and oxygen atoms in total. The Morgan fingerprint density at radius 1 is 0.881 bits per heavy atom. The van der Waals surface area contributed by atoms with Gasteiger partial charge in [0.2, 0.25) is 0 Å². The van der Waals surface area contributed by atoms with Gasteiger partial charge in [0.1, 0.15) is 0 Å². The van der Waals surface area contributed by atoms with Crippen LogP contribution in [0.15, 0.2) is 88.9 Å². The van der Waals surface area contributed by atoms with Gasteiger partial charge in [0.25, 0.3) is 0 Å². The summed E-state index contributed by atoms with van der Waals surface area (Å²) in [4.78, 5) is 15.7. The van der Waals surface area contributed by atoms with Crippen LogP contribution in [0.3, 0.4) is 0 Å². The van der Waals surface area contributed by atoms with Crippen molar-refractivity contribution in [3.8, 4) is 11.1 Å². The van der Waals surface area contributed by atoms with Crippen molar-refractivity contribution in [1.29, 1.82) is 0 Å². The first-order chi connectivity index (χ1) is 19.7. The molecular weight excluding hydrogens is 585 g/mol. The maximum absolute atomic E-state index is 13.3. The highest BCUT2D eigenvalue weighted by Gasteiger charge is 2.31. The number of nitrogens with zero attached hydrogens (tertiary/aromatic N) is 2. The molecule has 0 unspecified atom stereocenters. The first-order valence-electron chi connectivity index (χ1n) is 12.9. The summed E-state index contributed by atoms with van der Waals surface area (Å²) in [5.74, 6) is -2.42. The van der Waals surface area contributed by atoms with Crippen molar-refractivity contribution in [1.82, 2.24) is 9.29 Å². The maximum atomic E-state index is 13.3. The molecule has 0 aliphatic rings. The maximum Gasteiger partial charge on any atom is 0.417 e. The van der Waals surface area contributed by atoms with Crippen molar-refractivity contribution in [3.05, 3.63) is 113 Å². The highest BCUT2D eigenvalue weighted by atomic mass is 32.2. The monoisotopic (exact) mass is 614 g/mol. The van der Waals surface area contributed by atoms with E-state index in [1.165, 1.54) is 30.3 Å². The summed E-state index contributed by atoms with van der Waals surface area (Å²) < 4.78 is 66.8. The van der Waals surface area contributed by atoms with Crippen LogP contribution in [0.5, 0.6) is 0 Å². The fourth-order valence-electron chi connectivity index (χ4n) is 4.61. The molecule has 0 atom stereocenters. The molecule has 0 bridgehead atoms. The predicted molar refractivity (Wildman–Crippen MR) is 157 cm³/mol. The molecule has 0 fully saturated rings. The summed E-state index contributed by atoms with van der Waals surface area (Å²) in [6.45, 7) is 6.64. The van der Waals surface area contributed by atoms with E-state index in [1.54, 1.807) is 12.1 Å². The number of aromatic nitrogens is 1. The minimum Gasteiger partial charge on any atom is -0.480 e. The second-order valence-corrected chi connectivity index (χ2v) is 13.2. The third-order valence-corrected chi connectivity index (χ3v) is 9.40. The van der Waals surface area contributed by atoms with Crippen LogP contribution in [0.4, 0.5) is 13.2 Å². The van der Waals surface area contributed by atoms with Crippen LogP contribution in [0.1, 0.15) is 33.4 Å². The first kappa shape index (κ1) is 31.3. The van der Waals surface area contributed by atoms with Crippen LogP contribution in [-0.4, -0.2) is 34.5 Å². The number of benzene rings is 3. The highest BCUT2D eigenvalue weighted by molar-refractivity contribution is 7.97. The van der Waals surface area contributed by atoms with Crippen molar-refractivity contribution in [3.63, 3.8) is 0 Å². The first-order valence-corrected chi connectivity index (χ1v) is 15.3. The van der Waals surface area contributed by atoms with Gasteiger partial charge in [-0.15, -0.1) is 0 Å². The molecule has 0 spiro atoms. The van der Waals surface area contributed by atoms with E-state index in [9.17, 15) is 26.4 Å². The van der Waals surface area contributed by atoms with Crippen LogP contribution in [0.25, 0.3) is 11.1 Å². The number of halogens is 3. The van der Waals surface area contributed by atoms with E-state index >= 15 is 0 Å². The number of hydrogen-bond donors (Lipinski definition) is 1. The van der Waals surface area contributed by atoms with Crippen LogP contribution in [0.2, 0.25) is 0 Å². The third-order valence-electron chi connectivity index (χ3n) is 6.46. The minimum atomic E-state index is -4.49. The number of aryl methyl sites for hydroxylation is 3. The summed E-state index contributed by atoms with van der Waals surface area (Å²) in [5, 5.41) is 8.94. The number of sulfone groups is 1. The summed E-state index contributed by atoms with van der Waals surface area (Å²) in [6, 6.07) is 18.8. The number of alkyl halides is 3. The van der Waals surface area contributed by atoms with Crippen molar-refractivity contribution < 1.29 is 31.5 Å². The molecular formula is C31H29F3N2O4S2. The Labute approximate surface area is 247 Å². The number of aliphatic carboxylic acids is 1.